The lowest BCUT2D eigenvalue weighted by Gasteiger charge is -2.23. The van der Waals surface area contributed by atoms with Crippen LogP contribution in [0.1, 0.15) is 36.9 Å². The zero-order valence-corrected chi connectivity index (χ0v) is 10.8. The SMILES string of the molecule is CC(C)c1csc(CCC2CNCCO2)n1. The molecule has 1 saturated heterocycles. The molecule has 16 heavy (non-hydrogen) atoms. The van der Waals surface area contributed by atoms with Crippen LogP contribution in [0.2, 0.25) is 0 Å². The van der Waals surface area contributed by atoms with Crippen molar-refractivity contribution in [3.05, 3.63) is 16.1 Å². The molecule has 90 valence electrons. The maximum absolute atomic E-state index is 5.67. The van der Waals surface area contributed by atoms with E-state index in [2.05, 4.69) is 29.5 Å². The van der Waals surface area contributed by atoms with E-state index in [4.69, 9.17) is 4.74 Å². The van der Waals surface area contributed by atoms with Gasteiger partial charge in [-0.05, 0) is 12.3 Å². The van der Waals surface area contributed by atoms with Crippen molar-refractivity contribution in [2.75, 3.05) is 19.7 Å². The lowest BCUT2D eigenvalue weighted by atomic mass is 10.1. The van der Waals surface area contributed by atoms with Crippen molar-refractivity contribution < 1.29 is 4.74 Å². The van der Waals surface area contributed by atoms with E-state index in [0.717, 1.165) is 32.5 Å². The van der Waals surface area contributed by atoms with Gasteiger partial charge < -0.3 is 10.1 Å². The third-order valence-corrected chi connectivity index (χ3v) is 3.77. The predicted molar refractivity (Wildman–Crippen MR) is 67.1 cm³/mol. The molecule has 1 N–H and O–H groups in total. The Morgan fingerprint density at radius 3 is 3.12 bits per heavy atom. The van der Waals surface area contributed by atoms with Crippen LogP contribution < -0.4 is 5.32 Å². The van der Waals surface area contributed by atoms with Gasteiger partial charge in [0, 0.05) is 24.9 Å². The van der Waals surface area contributed by atoms with Crippen LogP contribution in [0.25, 0.3) is 0 Å². The van der Waals surface area contributed by atoms with Crippen LogP contribution in [-0.2, 0) is 11.2 Å². The van der Waals surface area contributed by atoms with Gasteiger partial charge in [0.25, 0.3) is 0 Å². The van der Waals surface area contributed by atoms with Crippen molar-refractivity contribution in [3.63, 3.8) is 0 Å². The summed E-state index contributed by atoms with van der Waals surface area (Å²) in [6.07, 6.45) is 2.50. The van der Waals surface area contributed by atoms with Crippen molar-refractivity contribution in [1.29, 1.82) is 0 Å². The highest BCUT2D eigenvalue weighted by molar-refractivity contribution is 7.09. The second-order valence-corrected chi connectivity index (χ2v) is 5.50. The average Bonchev–Trinajstić information content (AvgIpc) is 2.76. The number of nitrogens with zero attached hydrogens (tertiary/aromatic N) is 1. The number of morpholine rings is 1. The molecule has 2 heterocycles. The average molecular weight is 240 g/mol. The molecule has 0 aromatic carbocycles. The molecule has 2 rings (SSSR count). The fraction of sp³-hybridized carbons (Fsp3) is 0.750. The molecule has 0 radical (unpaired) electrons. The lowest BCUT2D eigenvalue weighted by Crippen LogP contribution is -2.38. The number of hydrogen-bond donors (Lipinski definition) is 1. The van der Waals surface area contributed by atoms with Crippen molar-refractivity contribution in [1.82, 2.24) is 10.3 Å². The first kappa shape index (κ1) is 12.0. The van der Waals surface area contributed by atoms with Crippen LogP contribution in [0.3, 0.4) is 0 Å². The summed E-state index contributed by atoms with van der Waals surface area (Å²) in [4.78, 5) is 4.64. The van der Waals surface area contributed by atoms with Crippen LogP contribution in [0, 0.1) is 0 Å². The Labute approximate surface area is 101 Å². The van der Waals surface area contributed by atoms with Crippen LogP contribution in [0.5, 0.6) is 0 Å². The lowest BCUT2D eigenvalue weighted by molar-refractivity contribution is 0.0238. The topological polar surface area (TPSA) is 34.1 Å². The fourth-order valence-electron chi connectivity index (χ4n) is 1.79. The Morgan fingerprint density at radius 1 is 1.62 bits per heavy atom. The van der Waals surface area contributed by atoms with Gasteiger partial charge in [-0.2, -0.15) is 0 Å². The normalized spacial score (nSPS) is 21.6. The molecule has 1 fully saturated rings. The van der Waals surface area contributed by atoms with E-state index < -0.39 is 0 Å². The minimum atomic E-state index is 0.375. The van der Waals surface area contributed by atoms with Crippen LogP contribution >= 0.6 is 11.3 Å². The number of nitrogens with one attached hydrogen (secondary N) is 1. The minimum Gasteiger partial charge on any atom is -0.376 e. The molecule has 1 aliphatic rings. The maximum atomic E-state index is 5.67. The van der Waals surface area contributed by atoms with E-state index in [1.54, 1.807) is 11.3 Å². The van der Waals surface area contributed by atoms with Crippen molar-refractivity contribution in [2.45, 2.75) is 38.7 Å². The highest BCUT2D eigenvalue weighted by Gasteiger charge is 2.14. The molecular weight excluding hydrogens is 220 g/mol. The van der Waals surface area contributed by atoms with Gasteiger partial charge in [-0.15, -0.1) is 11.3 Å². The monoisotopic (exact) mass is 240 g/mol. The minimum absolute atomic E-state index is 0.375. The summed E-state index contributed by atoms with van der Waals surface area (Å²) < 4.78 is 5.67. The van der Waals surface area contributed by atoms with Crippen molar-refractivity contribution in [2.24, 2.45) is 0 Å². The molecule has 0 bridgehead atoms. The number of thiazole rings is 1. The molecule has 0 saturated carbocycles. The van der Waals surface area contributed by atoms with Gasteiger partial charge in [-0.3, -0.25) is 0 Å². The quantitative estimate of drug-likeness (QED) is 0.876. The Hall–Kier alpha value is -0.450. The number of aromatic nitrogens is 1. The van der Waals surface area contributed by atoms with Gasteiger partial charge in [0.05, 0.1) is 23.4 Å². The number of ether oxygens (including phenoxy) is 1. The molecule has 4 heteroatoms. The first-order valence-corrected chi connectivity index (χ1v) is 6.90. The van der Waals surface area contributed by atoms with E-state index in [-0.39, 0.29) is 0 Å². The first-order chi connectivity index (χ1) is 7.75. The first-order valence-electron chi connectivity index (χ1n) is 6.02. The summed E-state index contributed by atoms with van der Waals surface area (Å²) in [6, 6.07) is 0. The molecule has 0 aliphatic carbocycles. The molecular formula is C12H20N2OS. The number of hydrogen-bond acceptors (Lipinski definition) is 4. The second-order valence-electron chi connectivity index (χ2n) is 4.56. The molecule has 1 aliphatic heterocycles. The van der Waals surface area contributed by atoms with Crippen LogP contribution in [0.4, 0.5) is 0 Å². The summed E-state index contributed by atoms with van der Waals surface area (Å²) in [5.74, 6) is 0.539. The fourth-order valence-corrected chi connectivity index (χ4v) is 2.77. The maximum Gasteiger partial charge on any atom is 0.0929 e. The van der Waals surface area contributed by atoms with E-state index in [9.17, 15) is 0 Å². The summed E-state index contributed by atoms with van der Waals surface area (Å²) in [7, 11) is 0. The highest BCUT2D eigenvalue weighted by atomic mass is 32.1. The predicted octanol–water partition coefficient (Wildman–Crippen LogP) is 2.19. The Morgan fingerprint density at radius 2 is 2.50 bits per heavy atom. The summed E-state index contributed by atoms with van der Waals surface area (Å²) in [6.45, 7) is 7.20. The molecule has 1 unspecified atom stereocenters. The molecule has 0 spiro atoms. The standard InChI is InChI=1S/C12H20N2OS/c1-9(2)11-8-16-12(14-11)4-3-10-7-13-5-6-15-10/h8-10,13H,3-7H2,1-2H3. The third-order valence-electron chi connectivity index (χ3n) is 2.85. The summed E-state index contributed by atoms with van der Waals surface area (Å²) >= 11 is 1.78. The van der Waals surface area contributed by atoms with Gasteiger partial charge >= 0.3 is 0 Å². The van der Waals surface area contributed by atoms with Crippen molar-refractivity contribution in [3.8, 4) is 0 Å². The molecule has 1 aromatic rings. The van der Waals surface area contributed by atoms with E-state index in [1.165, 1.54) is 10.7 Å². The van der Waals surface area contributed by atoms with Gasteiger partial charge in [-0.25, -0.2) is 4.98 Å². The van der Waals surface area contributed by atoms with E-state index in [0.29, 0.717) is 12.0 Å². The summed E-state index contributed by atoms with van der Waals surface area (Å²) in [5.41, 5.74) is 1.22. The molecule has 3 nitrogen and oxygen atoms in total. The highest BCUT2D eigenvalue weighted by Crippen LogP contribution is 2.19. The molecule has 1 atom stereocenters. The van der Waals surface area contributed by atoms with Crippen LogP contribution in [0.15, 0.2) is 5.38 Å². The van der Waals surface area contributed by atoms with E-state index in [1.807, 2.05) is 0 Å². The summed E-state index contributed by atoms with van der Waals surface area (Å²) in [5, 5.41) is 6.78. The zero-order chi connectivity index (χ0) is 11.4. The zero-order valence-electron chi connectivity index (χ0n) is 10.0. The van der Waals surface area contributed by atoms with Gasteiger partial charge in [0.2, 0.25) is 0 Å². The molecule has 1 aromatic heterocycles. The number of aryl methyl sites for hydroxylation is 1. The second kappa shape index (κ2) is 5.75. The Bertz CT molecular complexity index is 319. The largest absolute Gasteiger partial charge is 0.376 e. The number of rotatable bonds is 4. The molecule has 0 amide bonds. The van der Waals surface area contributed by atoms with Gasteiger partial charge in [-0.1, -0.05) is 13.8 Å². The van der Waals surface area contributed by atoms with E-state index >= 15 is 0 Å². The van der Waals surface area contributed by atoms with Gasteiger partial charge in [0.1, 0.15) is 0 Å². The Kier molecular flexibility index (Phi) is 4.32. The van der Waals surface area contributed by atoms with Crippen molar-refractivity contribution >= 4 is 11.3 Å². The third kappa shape index (κ3) is 3.27. The van der Waals surface area contributed by atoms with Crippen LogP contribution in [-0.4, -0.2) is 30.8 Å². The van der Waals surface area contributed by atoms with Gasteiger partial charge in [0.15, 0.2) is 0 Å². The smallest absolute Gasteiger partial charge is 0.0929 e. The Balaban J connectivity index is 1.79.